The number of hydrogen-bond donors (Lipinski definition) is 1. The van der Waals surface area contributed by atoms with Crippen LogP contribution in [0.3, 0.4) is 0 Å². The second-order valence-electron chi connectivity index (χ2n) is 4.53. The molecule has 102 valence electrons. The van der Waals surface area contributed by atoms with Gasteiger partial charge in [0.2, 0.25) is 0 Å². The van der Waals surface area contributed by atoms with Crippen LogP contribution in [0.15, 0.2) is 41.1 Å². The van der Waals surface area contributed by atoms with Gasteiger partial charge in [-0.1, -0.05) is 11.2 Å². The van der Waals surface area contributed by atoms with Crippen LogP contribution in [0.5, 0.6) is 5.75 Å². The topological polar surface area (TPSA) is 60.2 Å². The zero-order valence-corrected chi connectivity index (χ0v) is 11.4. The molecule has 1 N–H and O–H groups in total. The Morgan fingerprint density at radius 1 is 1.25 bits per heavy atom. The standard InChI is InChI=1S/C15H15N3O2/c1-10-7-12(18-20-10)9-17-15-14-8-13(19-2)4-3-11(14)5-6-16-15/h3-8H,9H2,1-2H3,(H,16,17). The molecule has 20 heavy (non-hydrogen) atoms. The summed E-state index contributed by atoms with van der Waals surface area (Å²) in [5.41, 5.74) is 0.851. The Hall–Kier alpha value is -2.56. The first kappa shape index (κ1) is 12.5. The van der Waals surface area contributed by atoms with Gasteiger partial charge < -0.3 is 14.6 Å². The number of fused-ring (bicyclic) bond motifs is 1. The average Bonchev–Trinajstić information content (AvgIpc) is 2.90. The number of hydrogen-bond acceptors (Lipinski definition) is 5. The SMILES string of the molecule is COc1ccc2ccnc(NCc3cc(C)on3)c2c1. The fraction of sp³-hybridized carbons (Fsp3) is 0.200. The van der Waals surface area contributed by atoms with Gasteiger partial charge in [-0.3, -0.25) is 0 Å². The molecule has 2 heterocycles. The molecule has 2 aromatic heterocycles. The van der Waals surface area contributed by atoms with Crippen LogP contribution in [0.25, 0.3) is 10.8 Å². The number of benzene rings is 1. The van der Waals surface area contributed by atoms with E-state index in [1.807, 2.05) is 37.3 Å². The lowest BCUT2D eigenvalue weighted by Gasteiger charge is -2.08. The van der Waals surface area contributed by atoms with Crippen molar-refractivity contribution in [3.05, 3.63) is 48.0 Å². The molecule has 0 spiro atoms. The third-order valence-electron chi connectivity index (χ3n) is 3.09. The first-order valence-electron chi connectivity index (χ1n) is 6.35. The molecule has 3 aromatic rings. The molecule has 0 radical (unpaired) electrons. The van der Waals surface area contributed by atoms with E-state index >= 15 is 0 Å². The van der Waals surface area contributed by atoms with Gasteiger partial charge in [0, 0.05) is 17.6 Å². The van der Waals surface area contributed by atoms with Crippen molar-refractivity contribution in [2.45, 2.75) is 13.5 Å². The molecule has 0 amide bonds. The van der Waals surface area contributed by atoms with Crippen LogP contribution >= 0.6 is 0 Å². The minimum Gasteiger partial charge on any atom is -0.497 e. The lowest BCUT2D eigenvalue weighted by molar-refractivity contribution is 0.391. The van der Waals surface area contributed by atoms with Gasteiger partial charge >= 0.3 is 0 Å². The first-order chi connectivity index (χ1) is 9.76. The fourth-order valence-corrected chi connectivity index (χ4v) is 2.09. The van der Waals surface area contributed by atoms with E-state index in [0.29, 0.717) is 6.54 Å². The molecule has 3 rings (SSSR count). The number of nitrogens with one attached hydrogen (secondary N) is 1. The number of nitrogens with zero attached hydrogens (tertiary/aromatic N) is 2. The molecule has 0 unspecified atom stereocenters. The predicted molar refractivity (Wildman–Crippen MR) is 76.9 cm³/mol. The van der Waals surface area contributed by atoms with Gasteiger partial charge in [-0.15, -0.1) is 0 Å². The summed E-state index contributed by atoms with van der Waals surface area (Å²) in [7, 11) is 1.66. The zero-order chi connectivity index (χ0) is 13.9. The summed E-state index contributed by atoms with van der Waals surface area (Å²) in [5.74, 6) is 2.42. The number of ether oxygens (including phenoxy) is 1. The van der Waals surface area contributed by atoms with Crippen molar-refractivity contribution in [2.24, 2.45) is 0 Å². The summed E-state index contributed by atoms with van der Waals surface area (Å²) in [6.45, 7) is 2.44. The Bertz CT molecular complexity index is 737. The molecule has 0 bridgehead atoms. The Labute approximate surface area is 116 Å². The maximum absolute atomic E-state index is 5.26. The third-order valence-corrected chi connectivity index (χ3v) is 3.09. The van der Waals surface area contributed by atoms with E-state index in [1.165, 1.54) is 0 Å². The van der Waals surface area contributed by atoms with Gasteiger partial charge in [-0.25, -0.2) is 4.98 Å². The minimum absolute atomic E-state index is 0.570. The highest BCUT2D eigenvalue weighted by Crippen LogP contribution is 2.25. The highest BCUT2D eigenvalue weighted by molar-refractivity contribution is 5.92. The van der Waals surface area contributed by atoms with Gasteiger partial charge in [-0.05, 0) is 30.5 Å². The van der Waals surface area contributed by atoms with Gasteiger partial charge in [-0.2, -0.15) is 0 Å². The van der Waals surface area contributed by atoms with Crippen LogP contribution in [0, 0.1) is 6.92 Å². The zero-order valence-electron chi connectivity index (χ0n) is 11.4. The van der Waals surface area contributed by atoms with Crippen molar-refractivity contribution in [3.8, 4) is 5.75 Å². The lowest BCUT2D eigenvalue weighted by atomic mass is 10.1. The van der Waals surface area contributed by atoms with Crippen LogP contribution in [-0.2, 0) is 6.54 Å². The summed E-state index contributed by atoms with van der Waals surface area (Å²) in [6.07, 6.45) is 1.78. The molecule has 0 aliphatic carbocycles. The van der Waals surface area contributed by atoms with E-state index in [1.54, 1.807) is 13.3 Å². The first-order valence-corrected chi connectivity index (χ1v) is 6.35. The second-order valence-corrected chi connectivity index (χ2v) is 4.53. The highest BCUT2D eigenvalue weighted by atomic mass is 16.5. The summed E-state index contributed by atoms with van der Waals surface area (Å²) < 4.78 is 10.3. The van der Waals surface area contributed by atoms with E-state index in [0.717, 1.165) is 33.8 Å². The second kappa shape index (κ2) is 5.21. The number of aryl methyl sites for hydroxylation is 1. The van der Waals surface area contributed by atoms with Crippen LogP contribution in [0.4, 0.5) is 5.82 Å². The fourth-order valence-electron chi connectivity index (χ4n) is 2.09. The Kier molecular flexibility index (Phi) is 3.25. The number of anilines is 1. The quantitative estimate of drug-likeness (QED) is 0.788. The van der Waals surface area contributed by atoms with E-state index in [2.05, 4.69) is 15.5 Å². The van der Waals surface area contributed by atoms with E-state index in [9.17, 15) is 0 Å². The van der Waals surface area contributed by atoms with Crippen molar-refractivity contribution in [1.29, 1.82) is 0 Å². The van der Waals surface area contributed by atoms with Crippen LogP contribution < -0.4 is 10.1 Å². The third kappa shape index (κ3) is 2.42. The molecule has 0 atom stereocenters. The monoisotopic (exact) mass is 269 g/mol. The molecular weight excluding hydrogens is 254 g/mol. The summed E-state index contributed by atoms with van der Waals surface area (Å²) in [5, 5.41) is 9.37. The van der Waals surface area contributed by atoms with Gasteiger partial charge in [0.05, 0.1) is 13.7 Å². The highest BCUT2D eigenvalue weighted by Gasteiger charge is 2.05. The lowest BCUT2D eigenvalue weighted by Crippen LogP contribution is -2.02. The maximum atomic E-state index is 5.26. The smallest absolute Gasteiger partial charge is 0.134 e. The molecule has 0 fully saturated rings. The van der Waals surface area contributed by atoms with E-state index in [-0.39, 0.29) is 0 Å². The van der Waals surface area contributed by atoms with Gasteiger partial charge in [0.15, 0.2) is 0 Å². The largest absolute Gasteiger partial charge is 0.497 e. The predicted octanol–water partition coefficient (Wildman–Crippen LogP) is 3.15. The molecule has 0 saturated heterocycles. The molecular formula is C15H15N3O2. The molecule has 5 nitrogen and oxygen atoms in total. The summed E-state index contributed by atoms with van der Waals surface area (Å²) in [4.78, 5) is 4.38. The Morgan fingerprint density at radius 2 is 2.15 bits per heavy atom. The average molecular weight is 269 g/mol. The van der Waals surface area contributed by atoms with Crippen molar-refractivity contribution in [3.63, 3.8) is 0 Å². The molecule has 0 aliphatic heterocycles. The van der Waals surface area contributed by atoms with Crippen molar-refractivity contribution in [1.82, 2.24) is 10.1 Å². The van der Waals surface area contributed by atoms with Gasteiger partial charge in [0.1, 0.15) is 23.0 Å². The number of methoxy groups -OCH3 is 1. The molecule has 0 saturated carbocycles. The van der Waals surface area contributed by atoms with E-state index in [4.69, 9.17) is 9.26 Å². The van der Waals surface area contributed by atoms with E-state index < -0.39 is 0 Å². The minimum atomic E-state index is 0.570. The number of rotatable bonds is 4. The van der Waals surface area contributed by atoms with Crippen LogP contribution in [-0.4, -0.2) is 17.3 Å². The number of aromatic nitrogens is 2. The van der Waals surface area contributed by atoms with Crippen LogP contribution in [0.1, 0.15) is 11.5 Å². The Balaban J connectivity index is 1.90. The van der Waals surface area contributed by atoms with Gasteiger partial charge in [0.25, 0.3) is 0 Å². The molecule has 0 aliphatic rings. The normalized spacial score (nSPS) is 10.7. The summed E-state index contributed by atoms with van der Waals surface area (Å²) in [6, 6.07) is 9.80. The van der Waals surface area contributed by atoms with Crippen molar-refractivity contribution < 1.29 is 9.26 Å². The number of pyridine rings is 1. The maximum Gasteiger partial charge on any atom is 0.134 e. The summed E-state index contributed by atoms with van der Waals surface area (Å²) >= 11 is 0. The molecule has 5 heteroatoms. The van der Waals surface area contributed by atoms with Crippen molar-refractivity contribution in [2.75, 3.05) is 12.4 Å². The van der Waals surface area contributed by atoms with Crippen LogP contribution in [0.2, 0.25) is 0 Å². The molecule has 1 aromatic carbocycles. The Morgan fingerprint density at radius 3 is 2.90 bits per heavy atom. The van der Waals surface area contributed by atoms with Crippen molar-refractivity contribution >= 4 is 16.6 Å².